The van der Waals surface area contributed by atoms with E-state index >= 15 is 0 Å². The highest BCUT2D eigenvalue weighted by atomic mass is 31.1. The molecule has 15 heavy (non-hydrogen) atoms. The lowest BCUT2D eigenvalue weighted by molar-refractivity contribution is 0.0683. The zero-order valence-electron chi connectivity index (χ0n) is 8.33. The zero-order chi connectivity index (χ0) is 11.5. The average Bonchev–Trinajstić information content (AvgIpc) is 2.91. The van der Waals surface area contributed by atoms with Crippen LogP contribution in [0.4, 0.5) is 0 Å². The summed E-state index contributed by atoms with van der Waals surface area (Å²) < 4.78 is 25.5. The molecule has 1 aliphatic rings. The third-order valence-corrected chi connectivity index (χ3v) is 2.65. The summed E-state index contributed by atoms with van der Waals surface area (Å²) in [4.78, 5) is 0. The predicted octanol–water partition coefficient (Wildman–Crippen LogP) is -0.896. The van der Waals surface area contributed by atoms with E-state index < -0.39 is 33.3 Å². The molecule has 0 bridgehead atoms. The average molecular weight is 240 g/mol. The Bertz CT molecular complexity index is 234. The summed E-state index contributed by atoms with van der Waals surface area (Å²) in [6, 6.07) is 0. The van der Waals surface area contributed by atoms with Crippen molar-refractivity contribution in [2.24, 2.45) is 5.73 Å². The van der Waals surface area contributed by atoms with Crippen molar-refractivity contribution in [1.29, 1.82) is 0 Å². The summed E-state index contributed by atoms with van der Waals surface area (Å²) in [5.74, 6) is 0. The predicted molar refractivity (Wildman–Crippen MR) is 50.1 cm³/mol. The van der Waals surface area contributed by atoms with Gasteiger partial charge in [-0.05, 0) is 6.92 Å². The fourth-order valence-corrected chi connectivity index (χ4v) is 1.53. The molecule has 1 fully saturated rings. The van der Waals surface area contributed by atoms with E-state index in [1.165, 1.54) is 0 Å². The number of hydrogen-bond donors (Lipinski definition) is 3. The van der Waals surface area contributed by atoms with Crippen LogP contribution < -0.4 is 5.73 Å². The van der Waals surface area contributed by atoms with Crippen molar-refractivity contribution >= 4 is 8.25 Å². The Hall–Kier alpha value is -0.140. The Balaban J connectivity index is 2.20. The maximum atomic E-state index is 11.1. The molecule has 1 heterocycles. The highest BCUT2D eigenvalue weighted by Crippen LogP contribution is 2.35. The Morgan fingerprint density at radius 2 is 2.07 bits per heavy atom. The molecule has 0 saturated carbocycles. The largest absolute Gasteiger partial charge is 0.700 e. The molecule has 1 saturated heterocycles. The standard InChI is InChI=1S/C7H15NO6P/c1-5-6(13-5)14-15(11)12-4-7(8,2-9)3-10/h5-6,9-10H,2-4,8H2,1H3/q+1/t5-,6+/m0/s1. The summed E-state index contributed by atoms with van der Waals surface area (Å²) in [6.07, 6.45) is -0.574. The molecule has 0 aromatic carbocycles. The fourth-order valence-electron chi connectivity index (χ4n) is 0.715. The van der Waals surface area contributed by atoms with Crippen LogP contribution >= 0.6 is 8.25 Å². The molecule has 0 aromatic heterocycles. The molecule has 4 N–H and O–H groups in total. The van der Waals surface area contributed by atoms with Crippen molar-refractivity contribution in [3.05, 3.63) is 0 Å². The number of epoxide rings is 1. The van der Waals surface area contributed by atoms with Gasteiger partial charge in [0.1, 0.15) is 12.7 Å². The van der Waals surface area contributed by atoms with Crippen LogP contribution in [0.25, 0.3) is 0 Å². The molecule has 1 aliphatic heterocycles. The van der Waals surface area contributed by atoms with E-state index in [0.29, 0.717) is 0 Å². The van der Waals surface area contributed by atoms with Gasteiger partial charge < -0.3 is 20.7 Å². The first-order valence-corrected chi connectivity index (χ1v) is 5.53. The van der Waals surface area contributed by atoms with Gasteiger partial charge in [0.2, 0.25) is 6.29 Å². The van der Waals surface area contributed by atoms with E-state index in [1.54, 1.807) is 6.92 Å². The maximum absolute atomic E-state index is 11.1. The molecule has 0 aromatic rings. The molecule has 1 unspecified atom stereocenters. The molecule has 0 spiro atoms. The minimum atomic E-state index is -2.34. The number of aliphatic hydroxyl groups is 2. The van der Waals surface area contributed by atoms with Crippen molar-refractivity contribution in [1.82, 2.24) is 0 Å². The van der Waals surface area contributed by atoms with Crippen LogP contribution in [0.1, 0.15) is 6.92 Å². The van der Waals surface area contributed by atoms with Gasteiger partial charge in [0.15, 0.2) is 0 Å². The monoisotopic (exact) mass is 240 g/mol. The second kappa shape index (κ2) is 5.27. The van der Waals surface area contributed by atoms with Crippen LogP contribution in [0.2, 0.25) is 0 Å². The lowest BCUT2D eigenvalue weighted by Crippen LogP contribution is -2.51. The number of hydrogen-bond acceptors (Lipinski definition) is 7. The van der Waals surface area contributed by atoms with Gasteiger partial charge in [-0.3, -0.25) is 0 Å². The lowest BCUT2D eigenvalue weighted by atomic mass is 10.1. The SMILES string of the molecule is C[C@@H]1O[C@@H]1O[P+](=O)OCC(N)(CO)CO. The molecule has 0 amide bonds. The quantitative estimate of drug-likeness (QED) is 0.390. The first-order valence-electron chi connectivity index (χ1n) is 4.44. The Morgan fingerprint density at radius 3 is 2.47 bits per heavy atom. The second-order valence-electron chi connectivity index (χ2n) is 3.49. The van der Waals surface area contributed by atoms with E-state index in [0.717, 1.165) is 0 Å². The van der Waals surface area contributed by atoms with Gasteiger partial charge in [-0.15, -0.1) is 4.52 Å². The first kappa shape index (κ1) is 12.9. The third-order valence-electron chi connectivity index (χ3n) is 1.93. The van der Waals surface area contributed by atoms with E-state index in [9.17, 15) is 4.57 Å². The van der Waals surface area contributed by atoms with Gasteiger partial charge in [-0.1, -0.05) is 4.52 Å². The molecular weight excluding hydrogens is 225 g/mol. The van der Waals surface area contributed by atoms with Crippen molar-refractivity contribution in [3.8, 4) is 0 Å². The van der Waals surface area contributed by atoms with E-state index in [-0.39, 0.29) is 12.7 Å². The summed E-state index contributed by atoms with van der Waals surface area (Å²) in [7, 11) is -2.34. The van der Waals surface area contributed by atoms with Gasteiger partial charge in [-0.2, -0.15) is 0 Å². The summed E-state index contributed by atoms with van der Waals surface area (Å²) in [5.41, 5.74) is 4.18. The molecule has 0 aliphatic carbocycles. The second-order valence-corrected chi connectivity index (χ2v) is 4.41. The van der Waals surface area contributed by atoms with Crippen LogP contribution in [-0.2, 0) is 18.3 Å². The number of ether oxygens (including phenoxy) is 1. The molecule has 3 atom stereocenters. The van der Waals surface area contributed by atoms with Crippen LogP contribution in [0.3, 0.4) is 0 Å². The number of rotatable bonds is 7. The van der Waals surface area contributed by atoms with Crippen LogP contribution in [0.5, 0.6) is 0 Å². The smallest absolute Gasteiger partial charge is 0.394 e. The van der Waals surface area contributed by atoms with Gasteiger partial charge in [-0.25, -0.2) is 0 Å². The zero-order valence-corrected chi connectivity index (χ0v) is 9.22. The molecule has 7 nitrogen and oxygen atoms in total. The van der Waals surface area contributed by atoms with Gasteiger partial charge in [0, 0.05) is 4.57 Å². The Morgan fingerprint density at radius 1 is 1.53 bits per heavy atom. The minimum Gasteiger partial charge on any atom is -0.394 e. The molecule has 1 rings (SSSR count). The molecule has 0 radical (unpaired) electrons. The summed E-state index contributed by atoms with van der Waals surface area (Å²) in [6.45, 7) is 0.574. The highest BCUT2D eigenvalue weighted by Gasteiger charge is 2.45. The minimum absolute atomic E-state index is 0.0779. The molecule has 88 valence electrons. The number of aliphatic hydroxyl groups excluding tert-OH is 2. The Labute approximate surface area is 88.1 Å². The van der Waals surface area contributed by atoms with E-state index in [4.69, 9.17) is 29.7 Å². The highest BCUT2D eigenvalue weighted by molar-refractivity contribution is 7.33. The summed E-state index contributed by atoms with van der Waals surface area (Å²) in [5, 5.41) is 17.6. The van der Waals surface area contributed by atoms with Gasteiger partial charge in [0.05, 0.1) is 18.8 Å². The van der Waals surface area contributed by atoms with E-state index in [2.05, 4.69) is 0 Å². The van der Waals surface area contributed by atoms with E-state index in [1.807, 2.05) is 0 Å². The van der Waals surface area contributed by atoms with Crippen molar-refractivity contribution < 1.29 is 28.6 Å². The first-order chi connectivity index (χ1) is 7.00. The van der Waals surface area contributed by atoms with Gasteiger partial charge >= 0.3 is 8.25 Å². The molecular formula is C7H15NO6P+. The fraction of sp³-hybridized carbons (Fsp3) is 1.00. The van der Waals surface area contributed by atoms with Crippen LogP contribution in [-0.4, -0.2) is 48.0 Å². The topological polar surface area (TPSA) is 115 Å². The van der Waals surface area contributed by atoms with Gasteiger partial charge in [0.25, 0.3) is 0 Å². The Kier molecular flexibility index (Phi) is 4.54. The normalized spacial score (nSPS) is 26.5. The third kappa shape index (κ3) is 4.08. The van der Waals surface area contributed by atoms with Crippen molar-refractivity contribution in [3.63, 3.8) is 0 Å². The van der Waals surface area contributed by atoms with Crippen molar-refractivity contribution in [2.45, 2.75) is 24.9 Å². The van der Waals surface area contributed by atoms with Crippen LogP contribution in [0.15, 0.2) is 0 Å². The van der Waals surface area contributed by atoms with Crippen LogP contribution in [0, 0.1) is 0 Å². The van der Waals surface area contributed by atoms with Crippen molar-refractivity contribution in [2.75, 3.05) is 19.8 Å². The molecule has 8 heteroatoms. The lowest BCUT2D eigenvalue weighted by Gasteiger charge is -2.20. The summed E-state index contributed by atoms with van der Waals surface area (Å²) >= 11 is 0. The number of nitrogens with two attached hydrogens (primary N) is 1. The maximum Gasteiger partial charge on any atom is 0.700 e.